The van der Waals surface area contributed by atoms with Gasteiger partial charge < -0.3 is 15.3 Å². The predicted molar refractivity (Wildman–Crippen MR) is 53.0 cm³/mol. The van der Waals surface area contributed by atoms with Gasteiger partial charge in [0.2, 0.25) is 0 Å². The van der Waals surface area contributed by atoms with Crippen molar-refractivity contribution in [1.29, 1.82) is 0 Å². The maximum absolute atomic E-state index is 11.3. The van der Waals surface area contributed by atoms with Crippen LogP contribution in [0.25, 0.3) is 0 Å². The van der Waals surface area contributed by atoms with E-state index in [2.05, 4.69) is 9.78 Å². The molecule has 7 heteroatoms. The Balaban J connectivity index is 2.63. The topological polar surface area (TPSA) is 113 Å². The van der Waals surface area contributed by atoms with E-state index in [1.165, 1.54) is 18.2 Å². The van der Waals surface area contributed by atoms with Crippen LogP contribution in [0, 0.1) is 0 Å². The van der Waals surface area contributed by atoms with Crippen LogP contribution in [0.4, 0.5) is 0 Å². The van der Waals surface area contributed by atoms with Crippen LogP contribution in [0.2, 0.25) is 0 Å². The Bertz CT molecular complexity index is 413. The van der Waals surface area contributed by atoms with E-state index in [1.54, 1.807) is 0 Å². The van der Waals surface area contributed by atoms with Gasteiger partial charge in [-0.1, -0.05) is 6.07 Å². The molecule has 0 bridgehead atoms. The number of carbonyl (C=O) groups excluding carboxylic acids is 1. The van der Waals surface area contributed by atoms with Crippen LogP contribution in [0.1, 0.15) is 20.7 Å². The van der Waals surface area contributed by atoms with Gasteiger partial charge in [0.05, 0.1) is 11.1 Å². The van der Waals surface area contributed by atoms with Crippen LogP contribution in [0.15, 0.2) is 24.3 Å². The van der Waals surface area contributed by atoms with Crippen LogP contribution < -0.4 is 0 Å². The van der Waals surface area contributed by atoms with Crippen LogP contribution >= 0.6 is 0 Å². The number of benzene rings is 1. The van der Waals surface area contributed by atoms with E-state index in [0.29, 0.717) is 0 Å². The summed E-state index contributed by atoms with van der Waals surface area (Å²) in [6.45, 7) is -0.593. The molecule has 0 spiro atoms. The number of carboxylic acids is 1. The van der Waals surface area contributed by atoms with E-state index >= 15 is 0 Å². The smallest absolute Gasteiger partial charge is 0.373 e. The third-order valence-electron chi connectivity index (χ3n) is 1.70. The first-order valence-electron chi connectivity index (χ1n) is 4.54. The summed E-state index contributed by atoms with van der Waals surface area (Å²) in [7, 11) is 0. The molecule has 0 saturated carbocycles. The molecule has 0 fully saturated rings. The molecule has 7 nitrogen and oxygen atoms in total. The molecule has 0 unspecified atom stereocenters. The molecule has 0 heterocycles. The molecule has 0 aliphatic carbocycles. The summed E-state index contributed by atoms with van der Waals surface area (Å²) in [6, 6.07) is 5.15. The highest BCUT2D eigenvalue weighted by molar-refractivity contribution is 5.94. The SMILES string of the molecule is O=C(O)c1cccc(C(=O)OOCC(O)O)c1. The van der Waals surface area contributed by atoms with E-state index in [1.807, 2.05) is 0 Å². The number of hydrogen-bond donors (Lipinski definition) is 3. The Hall–Kier alpha value is -1.96. The van der Waals surface area contributed by atoms with Crippen molar-refractivity contribution in [2.24, 2.45) is 0 Å². The van der Waals surface area contributed by atoms with E-state index in [9.17, 15) is 9.59 Å². The zero-order chi connectivity index (χ0) is 12.8. The van der Waals surface area contributed by atoms with Crippen molar-refractivity contribution in [2.75, 3.05) is 6.61 Å². The largest absolute Gasteiger partial charge is 0.478 e. The second-order valence-corrected chi connectivity index (χ2v) is 3.02. The van der Waals surface area contributed by atoms with Crippen LogP contribution in [0.3, 0.4) is 0 Å². The lowest BCUT2D eigenvalue weighted by Gasteiger charge is -2.05. The summed E-state index contributed by atoms with van der Waals surface area (Å²) in [5.74, 6) is -2.10. The van der Waals surface area contributed by atoms with Crippen molar-refractivity contribution >= 4 is 11.9 Å². The predicted octanol–water partition coefficient (Wildman–Crippen LogP) is -0.216. The highest BCUT2D eigenvalue weighted by atomic mass is 17.2. The Morgan fingerprint density at radius 1 is 1.24 bits per heavy atom. The number of carboxylic acid groups (broad SMARTS) is 1. The fourth-order valence-corrected chi connectivity index (χ4v) is 0.976. The monoisotopic (exact) mass is 242 g/mol. The van der Waals surface area contributed by atoms with Crippen molar-refractivity contribution in [3.8, 4) is 0 Å². The molecule has 0 aliphatic heterocycles. The van der Waals surface area contributed by atoms with Gasteiger partial charge in [0.1, 0.15) is 6.61 Å². The number of aromatic carboxylic acids is 1. The number of hydrogen-bond acceptors (Lipinski definition) is 6. The average Bonchev–Trinajstić information content (AvgIpc) is 2.28. The molecule has 17 heavy (non-hydrogen) atoms. The highest BCUT2D eigenvalue weighted by Crippen LogP contribution is 2.07. The zero-order valence-electron chi connectivity index (χ0n) is 8.57. The Morgan fingerprint density at radius 2 is 1.88 bits per heavy atom. The number of aliphatic hydroxyl groups is 2. The molecule has 1 aromatic rings. The van der Waals surface area contributed by atoms with Crippen LogP contribution in [-0.2, 0) is 9.78 Å². The molecular formula is C10H10O7. The number of rotatable bonds is 5. The molecule has 0 aliphatic rings. The molecule has 0 atom stereocenters. The maximum atomic E-state index is 11.3. The van der Waals surface area contributed by atoms with Crippen LogP contribution in [-0.4, -0.2) is 40.2 Å². The minimum atomic E-state index is -1.76. The Labute approximate surface area is 95.8 Å². The van der Waals surface area contributed by atoms with E-state index < -0.39 is 24.8 Å². The summed E-state index contributed by atoms with van der Waals surface area (Å²) in [4.78, 5) is 30.4. The van der Waals surface area contributed by atoms with E-state index in [4.69, 9.17) is 15.3 Å². The normalized spacial score (nSPS) is 10.3. The van der Waals surface area contributed by atoms with Crippen molar-refractivity contribution in [3.63, 3.8) is 0 Å². The van der Waals surface area contributed by atoms with Gasteiger partial charge in [0, 0.05) is 0 Å². The van der Waals surface area contributed by atoms with Gasteiger partial charge >= 0.3 is 11.9 Å². The second-order valence-electron chi connectivity index (χ2n) is 3.02. The minimum absolute atomic E-state index is 0.0164. The summed E-state index contributed by atoms with van der Waals surface area (Å²) in [5.41, 5.74) is -0.0843. The molecular weight excluding hydrogens is 232 g/mol. The lowest BCUT2D eigenvalue weighted by atomic mass is 10.1. The first kappa shape index (κ1) is 13.1. The fraction of sp³-hybridized carbons (Fsp3) is 0.200. The molecule has 92 valence electrons. The maximum Gasteiger partial charge on any atom is 0.373 e. The highest BCUT2D eigenvalue weighted by Gasteiger charge is 2.12. The van der Waals surface area contributed by atoms with Gasteiger partial charge in [-0.25, -0.2) is 9.59 Å². The van der Waals surface area contributed by atoms with Gasteiger partial charge in [-0.2, -0.15) is 4.89 Å². The van der Waals surface area contributed by atoms with E-state index in [0.717, 1.165) is 6.07 Å². The fourth-order valence-electron chi connectivity index (χ4n) is 0.976. The van der Waals surface area contributed by atoms with Crippen molar-refractivity contribution in [1.82, 2.24) is 0 Å². The average molecular weight is 242 g/mol. The molecule has 3 N–H and O–H groups in total. The van der Waals surface area contributed by atoms with Crippen molar-refractivity contribution in [3.05, 3.63) is 35.4 Å². The van der Waals surface area contributed by atoms with Crippen LogP contribution in [0.5, 0.6) is 0 Å². The molecule has 1 rings (SSSR count). The molecule has 0 radical (unpaired) electrons. The van der Waals surface area contributed by atoms with Gasteiger partial charge in [0.25, 0.3) is 0 Å². The lowest BCUT2D eigenvalue weighted by Crippen LogP contribution is -2.16. The second kappa shape index (κ2) is 5.94. The summed E-state index contributed by atoms with van der Waals surface area (Å²) in [6.07, 6.45) is -1.76. The van der Waals surface area contributed by atoms with Crippen molar-refractivity contribution in [2.45, 2.75) is 6.29 Å². The molecule has 1 aromatic carbocycles. The van der Waals surface area contributed by atoms with Gasteiger partial charge in [0.15, 0.2) is 6.29 Å². The first-order valence-corrected chi connectivity index (χ1v) is 4.54. The minimum Gasteiger partial charge on any atom is -0.478 e. The summed E-state index contributed by atoms with van der Waals surface area (Å²) in [5, 5.41) is 25.5. The third kappa shape index (κ3) is 4.19. The first-order chi connectivity index (χ1) is 8.00. The van der Waals surface area contributed by atoms with Gasteiger partial charge in [-0.15, -0.1) is 0 Å². The third-order valence-corrected chi connectivity index (χ3v) is 1.70. The molecule has 0 amide bonds. The number of aliphatic hydroxyl groups excluding tert-OH is 1. The number of carbonyl (C=O) groups is 2. The standard InChI is InChI=1S/C10H10O7/c11-8(12)5-16-17-10(15)7-3-1-2-6(4-7)9(13)14/h1-4,8,11-12H,5H2,(H,13,14). The Morgan fingerprint density at radius 3 is 2.47 bits per heavy atom. The quantitative estimate of drug-likeness (QED) is 0.371. The van der Waals surface area contributed by atoms with Gasteiger partial charge in [-0.05, 0) is 18.2 Å². The Kier molecular flexibility index (Phi) is 4.58. The van der Waals surface area contributed by atoms with E-state index in [-0.39, 0.29) is 11.1 Å². The van der Waals surface area contributed by atoms with Gasteiger partial charge in [-0.3, -0.25) is 4.89 Å². The summed E-state index contributed by atoms with van der Waals surface area (Å²) >= 11 is 0. The zero-order valence-corrected chi connectivity index (χ0v) is 8.57. The summed E-state index contributed by atoms with van der Waals surface area (Å²) < 4.78 is 0. The van der Waals surface area contributed by atoms with Crippen molar-refractivity contribution < 1.29 is 34.7 Å². The molecule has 0 aromatic heterocycles. The molecule has 0 saturated heterocycles. The lowest BCUT2D eigenvalue weighted by molar-refractivity contribution is -0.274.